The van der Waals surface area contributed by atoms with E-state index in [1.54, 1.807) is 14.2 Å². The molecule has 2 aliphatic heterocycles. The smallest absolute Gasteiger partial charge is 0.261 e. The number of nitrogens with one attached hydrogen (secondary N) is 1. The van der Waals surface area contributed by atoms with Crippen LogP contribution < -0.4 is 14.4 Å². The van der Waals surface area contributed by atoms with Crippen molar-refractivity contribution in [2.45, 2.75) is 25.6 Å². The van der Waals surface area contributed by atoms with E-state index < -0.39 is 6.10 Å². The summed E-state index contributed by atoms with van der Waals surface area (Å²) < 4.78 is 16.3. The molecule has 0 bridgehead atoms. The number of rotatable bonds is 10. The summed E-state index contributed by atoms with van der Waals surface area (Å²) >= 11 is 0. The Kier molecular flexibility index (Phi) is 7.93. The zero-order valence-electron chi connectivity index (χ0n) is 21.9. The average molecular weight is 520 g/mol. The summed E-state index contributed by atoms with van der Waals surface area (Å²) in [4.78, 5) is 29.2. The van der Waals surface area contributed by atoms with Gasteiger partial charge in [0.1, 0.15) is 12.6 Å². The fourth-order valence-corrected chi connectivity index (χ4v) is 5.65. The normalized spacial score (nSPS) is 20.0. The number of aliphatic hydroxyl groups excluding tert-OH is 1. The summed E-state index contributed by atoms with van der Waals surface area (Å²) in [6, 6.07) is 16.9. The maximum atomic E-state index is 13.2. The van der Waals surface area contributed by atoms with E-state index in [9.17, 15) is 14.7 Å². The van der Waals surface area contributed by atoms with E-state index in [1.807, 2.05) is 54.6 Å². The first-order chi connectivity index (χ1) is 18.5. The van der Waals surface area contributed by atoms with Crippen molar-refractivity contribution < 1.29 is 33.8 Å². The number of imide groups is 1. The maximum Gasteiger partial charge on any atom is 0.261 e. The van der Waals surface area contributed by atoms with Crippen molar-refractivity contribution >= 4 is 22.6 Å². The summed E-state index contributed by atoms with van der Waals surface area (Å²) in [5, 5.41) is 12.2. The molecule has 0 unspecified atom stereocenters. The first kappa shape index (κ1) is 26.2. The number of quaternary nitrogens is 1. The number of hydrogen-bond acceptors (Lipinski definition) is 6. The van der Waals surface area contributed by atoms with Crippen molar-refractivity contribution in [2.75, 3.05) is 47.0 Å². The van der Waals surface area contributed by atoms with Gasteiger partial charge in [-0.2, -0.15) is 0 Å². The first-order valence-electron chi connectivity index (χ1n) is 13.2. The highest BCUT2D eigenvalue weighted by molar-refractivity contribution is 6.25. The van der Waals surface area contributed by atoms with Gasteiger partial charge >= 0.3 is 0 Å². The summed E-state index contributed by atoms with van der Waals surface area (Å²) in [7, 11) is 3.20. The number of benzene rings is 3. The van der Waals surface area contributed by atoms with Crippen LogP contribution in [0.1, 0.15) is 39.1 Å². The number of likely N-dealkylation sites (tertiary alicyclic amines) is 1. The molecule has 3 aromatic rings. The van der Waals surface area contributed by atoms with Crippen LogP contribution in [0.15, 0.2) is 54.6 Å². The van der Waals surface area contributed by atoms with Gasteiger partial charge in [-0.25, -0.2) is 0 Å². The maximum absolute atomic E-state index is 13.2. The standard InChI is InChI=1S/C30H34N2O6/c1-36-26-10-9-21(15-27(26)37-2)18-38-19-23(33)17-31-13-11-20(12-14-31)16-32-29(34)24-7-3-5-22-6-4-8-25(28(22)24)30(32)35/h3-10,15,20,23,33H,11-14,16-19H2,1-2H3/p+1/t23-/m0/s1. The summed E-state index contributed by atoms with van der Waals surface area (Å²) in [6.45, 7) is 3.45. The van der Waals surface area contributed by atoms with E-state index in [4.69, 9.17) is 14.2 Å². The number of piperidine rings is 1. The van der Waals surface area contributed by atoms with E-state index >= 15 is 0 Å². The minimum atomic E-state index is -0.566. The molecule has 1 fully saturated rings. The number of methoxy groups -OCH3 is 2. The Bertz CT molecular complexity index is 1270. The minimum absolute atomic E-state index is 0.198. The van der Waals surface area contributed by atoms with Crippen LogP contribution in [-0.4, -0.2) is 74.9 Å². The predicted octanol–water partition coefficient (Wildman–Crippen LogP) is 2.33. The highest BCUT2D eigenvalue weighted by Crippen LogP contribution is 2.31. The molecule has 8 heteroatoms. The summed E-state index contributed by atoms with van der Waals surface area (Å²) in [5.41, 5.74) is 2.16. The Morgan fingerprint density at radius 2 is 1.61 bits per heavy atom. The molecule has 0 saturated carbocycles. The van der Waals surface area contributed by atoms with Crippen molar-refractivity contribution in [3.8, 4) is 11.5 Å². The third kappa shape index (κ3) is 5.38. The van der Waals surface area contributed by atoms with Gasteiger partial charge in [-0.15, -0.1) is 0 Å². The van der Waals surface area contributed by atoms with E-state index in [-0.39, 0.29) is 24.3 Å². The molecule has 0 spiro atoms. The Labute approximate surface area is 222 Å². The molecule has 0 aliphatic carbocycles. The fourth-order valence-electron chi connectivity index (χ4n) is 5.65. The number of hydrogen-bond donors (Lipinski definition) is 2. The predicted molar refractivity (Wildman–Crippen MR) is 143 cm³/mol. The SMILES string of the molecule is COc1ccc(COC[C@@H](O)C[NH+]2CCC(CN3C(=O)c4cccc5cccc(c45)C3=O)CC2)cc1OC. The van der Waals surface area contributed by atoms with Crippen molar-refractivity contribution in [3.63, 3.8) is 0 Å². The van der Waals surface area contributed by atoms with Gasteiger partial charge in [0.25, 0.3) is 11.8 Å². The third-order valence-corrected chi connectivity index (χ3v) is 7.66. The molecule has 2 N–H and O–H groups in total. The van der Waals surface area contributed by atoms with Crippen molar-refractivity contribution in [1.29, 1.82) is 0 Å². The number of carbonyl (C=O) groups is 2. The summed E-state index contributed by atoms with van der Waals surface area (Å²) in [6.07, 6.45) is 1.23. The molecule has 1 saturated heterocycles. The lowest BCUT2D eigenvalue weighted by atomic mass is 9.91. The lowest BCUT2D eigenvalue weighted by Gasteiger charge is -2.34. The van der Waals surface area contributed by atoms with E-state index in [0.29, 0.717) is 42.3 Å². The number of aliphatic hydroxyl groups is 1. The molecule has 5 rings (SSSR count). The van der Waals surface area contributed by atoms with Crippen LogP contribution in [0, 0.1) is 5.92 Å². The molecular formula is C30H35N2O6+. The van der Waals surface area contributed by atoms with Gasteiger partial charge < -0.3 is 24.2 Å². The molecule has 8 nitrogen and oxygen atoms in total. The number of nitrogens with zero attached hydrogens (tertiary/aromatic N) is 1. The fraction of sp³-hybridized carbons (Fsp3) is 0.400. The molecule has 38 heavy (non-hydrogen) atoms. The second-order valence-corrected chi connectivity index (χ2v) is 10.2. The van der Waals surface area contributed by atoms with E-state index in [2.05, 4.69) is 0 Å². The Hall–Kier alpha value is -3.46. The lowest BCUT2D eigenvalue weighted by molar-refractivity contribution is -0.909. The van der Waals surface area contributed by atoms with E-state index in [0.717, 1.165) is 42.3 Å². The number of carbonyl (C=O) groups excluding carboxylic acids is 2. The van der Waals surface area contributed by atoms with Crippen LogP contribution in [0.5, 0.6) is 11.5 Å². The zero-order chi connectivity index (χ0) is 26.6. The van der Waals surface area contributed by atoms with E-state index in [1.165, 1.54) is 9.80 Å². The second-order valence-electron chi connectivity index (χ2n) is 10.2. The molecule has 0 radical (unpaired) electrons. The van der Waals surface area contributed by atoms with Gasteiger partial charge in [-0.3, -0.25) is 14.5 Å². The van der Waals surface area contributed by atoms with Crippen LogP contribution >= 0.6 is 0 Å². The lowest BCUT2D eigenvalue weighted by Crippen LogP contribution is -3.14. The van der Waals surface area contributed by atoms with Gasteiger partial charge in [0, 0.05) is 35.9 Å². The molecule has 2 aliphatic rings. The van der Waals surface area contributed by atoms with Crippen molar-refractivity contribution in [2.24, 2.45) is 5.92 Å². The van der Waals surface area contributed by atoms with Crippen LogP contribution in [-0.2, 0) is 11.3 Å². The molecule has 0 aromatic heterocycles. The first-order valence-corrected chi connectivity index (χ1v) is 13.2. The molecule has 2 amide bonds. The van der Waals surface area contributed by atoms with Crippen molar-refractivity contribution in [1.82, 2.24) is 4.90 Å². The molecule has 200 valence electrons. The zero-order valence-corrected chi connectivity index (χ0v) is 21.9. The Balaban J connectivity index is 1.09. The molecule has 3 aromatic carbocycles. The average Bonchev–Trinajstić information content (AvgIpc) is 2.94. The largest absolute Gasteiger partial charge is 0.493 e. The number of amides is 2. The molecule has 2 heterocycles. The van der Waals surface area contributed by atoms with Crippen LogP contribution in [0.4, 0.5) is 0 Å². The topological polar surface area (TPSA) is 89.7 Å². The van der Waals surface area contributed by atoms with Gasteiger partial charge in [-0.1, -0.05) is 30.3 Å². The highest BCUT2D eigenvalue weighted by atomic mass is 16.5. The molecular weight excluding hydrogens is 484 g/mol. The minimum Gasteiger partial charge on any atom is -0.493 e. The monoisotopic (exact) mass is 519 g/mol. The Morgan fingerprint density at radius 3 is 2.24 bits per heavy atom. The second kappa shape index (κ2) is 11.5. The number of ether oxygens (including phenoxy) is 3. The Morgan fingerprint density at radius 1 is 0.947 bits per heavy atom. The van der Waals surface area contributed by atoms with Crippen LogP contribution in [0.25, 0.3) is 10.8 Å². The quantitative estimate of drug-likeness (QED) is 0.400. The van der Waals surface area contributed by atoms with Gasteiger partial charge in [0.2, 0.25) is 0 Å². The van der Waals surface area contributed by atoms with Crippen LogP contribution in [0.2, 0.25) is 0 Å². The molecule has 1 atom stereocenters. The van der Waals surface area contributed by atoms with Crippen LogP contribution in [0.3, 0.4) is 0 Å². The summed E-state index contributed by atoms with van der Waals surface area (Å²) in [5.74, 6) is 1.18. The van der Waals surface area contributed by atoms with Gasteiger partial charge in [0.15, 0.2) is 11.5 Å². The van der Waals surface area contributed by atoms with Gasteiger partial charge in [0.05, 0.1) is 40.5 Å². The highest BCUT2D eigenvalue weighted by Gasteiger charge is 2.35. The van der Waals surface area contributed by atoms with Crippen molar-refractivity contribution in [3.05, 3.63) is 71.3 Å². The van der Waals surface area contributed by atoms with Gasteiger partial charge in [-0.05, 0) is 41.1 Å². The third-order valence-electron chi connectivity index (χ3n) is 7.66.